The third-order valence-corrected chi connectivity index (χ3v) is 5.24. The Balaban J connectivity index is 1.24. The molecule has 0 amide bonds. The van der Waals surface area contributed by atoms with Crippen LogP contribution >= 0.6 is 0 Å². The second kappa shape index (κ2) is 6.37. The average Bonchev–Trinajstić information content (AvgIpc) is 3.15. The largest absolute Gasteiger partial charge is 0.485 e. The van der Waals surface area contributed by atoms with Gasteiger partial charge >= 0.3 is 0 Å². The zero-order valence-electron chi connectivity index (χ0n) is 13.7. The molecule has 2 heterocycles. The number of benzene rings is 2. The maximum absolute atomic E-state index is 6.32. The number of para-hydroxylation sites is 1. The Morgan fingerprint density at radius 2 is 1.78 bits per heavy atom. The van der Waals surface area contributed by atoms with Gasteiger partial charge in [0.05, 0.1) is 0 Å². The van der Waals surface area contributed by atoms with Crippen LogP contribution in [0.5, 0.6) is 5.75 Å². The molecule has 2 heteroatoms. The third kappa shape index (κ3) is 3.28. The zero-order valence-corrected chi connectivity index (χ0v) is 13.7. The Hall–Kier alpha value is -1.80. The lowest BCUT2D eigenvalue weighted by molar-refractivity contribution is 0.102. The highest BCUT2D eigenvalue weighted by atomic mass is 16.5. The molecule has 0 aliphatic carbocycles. The van der Waals surface area contributed by atoms with Gasteiger partial charge in [0.2, 0.25) is 0 Å². The molecule has 0 bridgehead atoms. The molecule has 2 aliphatic rings. The molecular weight excluding hydrogens is 282 g/mol. The minimum Gasteiger partial charge on any atom is -0.485 e. The first kappa shape index (κ1) is 14.8. The number of hydrogen-bond acceptors (Lipinski definition) is 2. The molecule has 1 unspecified atom stereocenters. The Labute approximate surface area is 139 Å². The molecular formula is C21H25NO. The number of likely N-dealkylation sites (tertiary alicyclic amines) is 1. The predicted octanol–water partition coefficient (Wildman–Crippen LogP) is 4.09. The summed E-state index contributed by atoms with van der Waals surface area (Å²) in [6.07, 6.45) is 6.00. The molecule has 23 heavy (non-hydrogen) atoms. The maximum atomic E-state index is 6.32. The van der Waals surface area contributed by atoms with Gasteiger partial charge < -0.3 is 4.74 Å². The highest BCUT2D eigenvalue weighted by Gasteiger charge is 2.44. The number of aryl methyl sites for hydroxylation is 1. The number of hydrogen-bond donors (Lipinski definition) is 0. The summed E-state index contributed by atoms with van der Waals surface area (Å²) >= 11 is 0. The van der Waals surface area contributed by atoms with Gasteiger partial charge in [0.15, 0.2) is 0 Å². The summed E-state index contributed by atoms with van der Waals surface area (Å²) in [6.45, 7) is 3.47. The third-order valence-electron chi connectivity index (χ3n) is 5.24. The fraction of sp³-hybridized carbons (Fsp3) is 0.429. The molecule has 1 fully saturated rings. The van der Waals surface area contributed by atoms with Crippen LogP contribution in [0.1, 0.15) is 30.4 Å². The van der Waals surface area contributed by atoms with Crippen LogP contribution in [0, 0.1) is 0 Å². The molecule has 0 N–H and O–H groups in total. The summed E-state index contributed by atoms with van der Waals surface area (Å²) in [7, 11) is 0. The molecule has 2 aromatic rings. The highest BCUT2D eigenvalue weighted by Crippen LogP contribution is 2.40. The minimum absolute atomic E-state index is 0.0586. The van der Waals surface area contributed by atoms with Crippen molar-refractivity contribution in [2.24, 2.45) is 0 Å². The first-order chi connectivity index (χ1) is 11.3. The highest BCUT2D eigenvalue weighted by molar-refractivity contribution is 5.39. The van der Waals surface area contributed by atoms with Gasteiger partial charge in [-0.1, -0.05) is 48.5 Å². The van der Waals surface area contributed by atoms with E-state index in [-0.39, 0.29) is 5.60 Å². The molecule has 1 spiro atoms. The van der Waals surface area contributed by atoms with Crippen molar-refractivity contribution in [3.8, 4) is 5.75 Å². The van der Waals surface area contributed by atoms with Gasteiger partial charge in [-0.3, -0.25) is 4.90 Å². The van der Waals surface area contributed by atoms with Crippen molar-refractivity contribution < 1.29 is 4.74 Å². The number of rotatable bonds is 5. The molecule has 1 atom stereocenters. The zero-order chi connectivity index (χ0) is 15.5. The van der Waals surface area contributed by atoms with Gasteiger partial charge in [-0.2, -0.15) is 0 Å². The molecule has 2 aromatic carbocycles. The Bertz CT molecular complexity index is 627. The van der Waals surface area contributed by atoms with Crippen LogP contribution in [0.3, 0.4) is 0 Å². The first-order valence-electron chi connectivity index (χ1n) is 8.86. The van der Waals surface area contributed by atoms with E-state index in [2.05, 4.69) is 59.5 Å². The minimum atomic E-state index is 0.0586. The lowest BCUT2D eigenvalue weighted by atomic mass is 9.96. The fourth-order valence-electron chi connectivity index (χ4n) is 4.02. The molecule has 1 saturated heterocycles. The number of ether oxygens (including phenoxy) is 1. The van der Waals surface area contributed by atoms with E-state index in [1.807, 2.05) is 0 Å². The van der Waals surface area contributed by atoms with E-state index in [1.54, 1.807) is 0 Å². The number of nitrogens with zero attached hydrogens (tertiary/aromatic N) is 1. The summed E-state index contributed by atoms with van der Waals surface area (Å²) in [5.74, 6) is 1.11. The average molecular weight is 307 g/mol. The second-order valence-electron chi connectivity index (χ2n) is 7.04. The van der Waals surface area contributed by atoms with Gasteiger partial charge in [-0.05, 0) is 43.0 Å². The Kier molecular flexibility index (Phi) is 4.09. The van der Waals surface area contributed by atoms with Crippen LogP contribution in [0.2, 0.25) is 0 Å². The van der Waals surface area contributed by atoms with Gasteiger partial charge in [0.1, 0.15) is 11.4 Å². The fourth-order valence-corrected chi connectivity index (χ4v) is 4.02. The molecule has 2 nitrogen and oxygen atoms in total. The van der Waals surface area contributed by atoms with Crippen LogP contribution in [0.25, 0.3) is 0 Å². The second-order valence-corrected chi connectivity index (χ2v) is 7.04. The summed E-state index contributed by atoms with van der Waals surface area (Å²) in [5.41, 5.74) is 2.90. The first-order valence-corrected chi connectivity index (χ1v) is 8.86. The molecule has 4 rings (SSSR count). The summed E-state index contributed by atoms with van der Waals surface area (Å²) < 4.78 is 6.32. The van der Waals surface area contributed by atoms with Crippen LogP contribution in [-0.4, -0.2) is 30.1 Å². The van der Waals surface area contributed by atoms with E-state index in [4.69, 9.17) is 4.74 Å². The lowest BCUT2D eigenvalue weighted by Gasteiger charge is -2.24. The molecule has 0 radical (unpaired) electrons. The lowest BCUT2D eigenvalue weighted by Crippen LogP contribution is -2.38. The molecule has 120 valence electrons. The van der Waals surface area contributed by atoms with Crippen LogP contribution in [0.15, 0.2) is 54.6 Å². The topological polar surface area (TPSA) is 12.5 Å². The van der Waals surface area contributed by atoms with E-state index in [0.717, 1.165) is 18.7 Å². The number of unbranched alkanes of at least 4 members (excludes halogenated alkanes) is 1. The summed E-state index contributed by atoms with van der Waals surface area (Å²) in [4.78, 5) is 2.59. The molecule has 0 aromatic heterocycles. The van der Waals surface area contributed by atoms with Crippen LogP contribution < -0.4 is 4.74 Å². The van der Waals surface area contributed by atoms with Crippen LogP contribution in [-0.2, 0) is 12.8 Å². The monoisotopic (exact) mass is 307 g/mol. The van der Waals surface area contributed by atoms with Crippen molar-refractivity contribution in [3.63, 3.8) is 0 Å². The van der Waals surface area contributed by atoms with E-state index >= 15 is 0 Å². The molecule has 0 saturated carbocycles. The van der Waals surface area contributed by atoms with Crippen molar-refractivity contribution in [1.29, 1.82) is 0 Å². The van der Waals surface area contributed by atoms with Gasteiger partial charge in [-0.25, -0.2) is 0 Å². The van der Waals surface area contributed by atoms with Gasteiger partial charge in [0, 0.05) is 25.9 Å². The van der Waals surface area contributed by atoms with Crippen molar-refractivity contribution in [1.82, 2.24) is 4.90 Å². The van der Waals surface area contributed by atoms with Gasteiger partial charge in [0.25, 0.3) is 0 Å². The summed E-state index contributed by atoms with van der Waals surface area (Å²) in [6, 6.07) is 19.4. The van der Waals surface area contributed by atoms with E-state index in [9.17, 15) is 0 Å². The smallest absolute Gasteiger partial charge is 0.127 e. The van der Waals surface area contributed by atoms with Crippen LogP contribution in [0.4, 0.5) is 0 Å². The SMILES string of the molecule is c1ccc(CCCCN2CCC3(Cc4ccccc4O3)C2)cc1. The Morgan fingerprint density at radius 1 is 0.957 bits per heavy atom. The Morgan fingerprint density at radius 3 is 2.65 bits per heavy atom. The molecule has 2 aliphatic heterocycles. The predicted molar refractivity (Wildman–Crippen MR) is 93.9 cm³/mol. The number of fused-ring (bicyclic) bond motifs is 1. The van der Waals surface area contributed by atoms with Gasteiger partial charge in [-0.15, -0.1) is 0 Å². The van der Waals surface area contributed by atoms with Crippen molar-refractivity contribution in [3.05, 3.63) is 65.7 Å². The van der Waals surface area contributed by atoms with Crippen molar-refractivity contribution >= 4 is 0 Å². The standard InChI is InChI=1S/C21H25NO/c1-2-8-18(9-3-1)10-6-7-14-22-15-13-21(17-22)16-19-11-4-5-12-20(19)23-21/h1-5,8-9,11-12H,6-7,10,13-17H2. The van der Waals surface area contributed by atoms with Crippen molar-refractivity contribution in [2.45, 2.75) is 37.7 Å². The summed E-state index contributed by atoms with van der Waals surface area (Å²) in [5, 5.41) is 0. The normalized spacial score (nSPS) is 23.1. The quantitative estimate of drug-likeness (QED) is 0.772. The van der Waals surface area contributed by atoms with E-state index < -0.39 is 0 Å². The van der Waals surface area contributed by atoms with E-state index in [0.29, 0.717) is 0 Å². The maximum Gasteiger partial charge on any atom is 0.127 e. The van der Waals surface area contributed by atoms with E-state index in [1.165, 1.54) is 49.9 Å². The van der Waals surface area contributed by atoms with Crippen molar-refractivity contribution in [2.75, 3.05) is 19.6 Å².